The van der Waals surface area contributed by atoms with Crippen LogP contribution in [0.1, 0.15) is 19.8 Å². The van der Waals surface area contributed by atoms with E-state index in [1.807, 2.05) is 14.1 Å². The molecule has 0 saturated heterocycles. The molecule has 0 amide bonds. The van der Waals surface area contributed by atoms with Crippen LogP contribution in [0.15, 0.2) is 0 Å². The zero-order chi connectivity index (χ0) is 8.74. The molecule has 0 saturated carbocycles. The summed E-state index contributed by atoms with van der Waals surface area (Å²) in [6.07, 6.45) is 1.84. The first-order valence-corrected chi connectivity index (χ1v) is 4.19. The Morgan fingerprint density at radius 1 is 1.36 bits per heavy atom. The van der Waals surface area contributed by atoms with Crippen molar-refractivity contribution in [3.63, 3.8) is 0 Å². The van der Waals surface area contributed by atoms with Crippen LogP contribution in [-0.2, 0) is 0 Å². The van der Waals surface area contributed by atoms with Crippen molar-refractivity contribution < 1.29 is 5.11 Å². The summed E-state index contributed by atoms with van der Waals surface area (Å²) < 4.78 is 0. The highest BCUT2D eigenvalue weighted by molar-refractivity contribution is 4.86. The molecule has 3 N–H and O–H groups in total. The van der Waals surface area contributed by atoms with E-state index in [0.717, 1.165) is 19.4 Å². The van der Waals surface area contributed by atoms with Gasteiger partial charge in [-0.05, 0) is 26.9 Å². The zero-order valence-corrected chi connectivity index (χ0v) is 7.78. The van der Waals surface area contributed by atoms with Gasteiger partial charge in [0, 0.05) is 18.7 Å². The molecule has 0 bridgehead atoms. The quantitative estimate of drug-likeness (QED) is 0.511. The van der Waals surface area contributed by atoms with Crippen molar-refractivity contribution in [3.8, 4) is 0 Å². The number of hydrogen-bond acceptors (Lipinski definition) is 3. The molecule has 0 aliphatic rings. The van der Waals surface area contributed by atoms with Gasteiger partial charge in [0.25, 0.3) is 0 Å². The van der Waals surface area contributed by atoms with E-state index < -0.39 is 0 Å². The Morgan fingerprint density at radius 2 is 2.00 bits per heavy atom. The second-order valence-electron chi connectivity index (χ2n) is 2.89. The summed E-state index contributed by atoms with van der Waals surface area (Å²) in [5, 5.41) is 15.2. The Bertz CT molecular complexity index is 84.1. The van der Waals surface area contributed by atoms with Crippen molar-refractivity contribution in [2.75, 3.05) is 27.2 Å². The first-order chi connectivity index (χ1) is 5.24. The van der Waals surface area contributed by atoms with Crippen LogP contribution >= 0.6 is 0 Å². The van der Waals surface area contributed by atoms with Crippen LogP contribution in [0, 0.1) is 0 Å². The minimum Gasteiger partial charge on any atom is -0.396 e. The van der Waals surface area contributed by atoms with Gasteiger partial charge in [-0.25, -0.2) is 0 Å². The highest BCUT2D eigenvalue weighted by Crippen LogP contribution is 2.12. The molecule has 0 aromatic heterocycles. The molecule has 3 heteroatoms. The van der Waals surface area contributed by atoms with Crippen LogP contribution in [0.5, 0.6) is 0 Å². The lowest BCUT2D eigenvalue weighted by atomic mass is 9.92. The molecule has 68 valence electrons. The molecule has 0 rings (SSSR count). The van der Waals surface area contributed by atoms with Gasteiger partial charge in [-0.15, -0.1) is 0 Å². The number of aliphatic hydroxyl groups excluding tert-OH is 1. The summed E-state index contributed by atoms with van der Waals surface area (Å²) in [5.74, 6) is 0. The fourth-order valence-corrected chi connectivity index (χ4v) is 1.33. The molecule has 0 aromatic rings. The molecule has 0 radical (unpaired) electrons. The topological polar surface area (TPSA) is 44.3 Å². The van der Waals surface area contributed by atoms with Gasteiger partial charge in [0.15, 0.2) is 0 Å². The van der Waals surface area contributed by atoms with Gasteiger partial charge >= 0.3 is 0 Å². The van der Waals surface area contributed by atoms with Crippen LogP contribution in [0.2, 0.25) is 0 Å². The molecular formula is C8H20N2O. The van der Waals surface area contributed by atoms with Gasteiger partial charge in [0.2, 0.25) is 0 Å². The lowest BCUT2D eigenvalue weighted by molar-refractivity contribution is 0.209. The third kappa shape index (κ3) is 3.18. The molecule has 0 heterocycles. The summed E-state index contributed by atoms with van der Waals surface area (Å²) in [5.41, 5.74) is 0.0729. The maximum Gasteiger partial charge on any atom is 0.0449 e. The maximum absolute atomic E-state index is 8.82. The molecule has 0 aliphatic heterocycles. The normalized spacial score (nSPS) is 16.4. The summed E-state index contributed by atoms with van der Waals surface area (Å²) in [6.45, 7) is 3.28. The minimum absolute atomic E-state index is 0.0729. The third-order valence-electron chi connectivity index (χ3n) is 2.31. The van der Waals surface area contributed by atoms with Crippen molar-refractivity contribution in [1.29, 1.82) is 0 Å². The summed E-state index contributed by atoms with van der Waals surface area (Å²) in [7, 11) is 3.87. The van der Waals surface area contributed by atoms with Crippen LogP contribution < -0.4 is 10.6 Å². The fraction of sp³-hybridized carbons (Fsp3) is 1.00. The standard InChI is InChI=1S/C8H20N2O/c1-4-8(10-3,5-6-11)7-9-2/h9-11H,4-7H2,1-3H3. The predicted octanol–water partition coefficient (Wildman–Crippen LogP) is -0.0436. The second-order valence-corrected chi connectivity index (χ2v) is 2.89. The molecule has 0 aliphatic carbocycles. The highest BCUT2D eigenvalue weighted by atomic mass is 16.3. The van der Waals surface area contributed by atoms with Gasteiger partial charge in [-0.2, -0.15) is 0 Å². The maximum atomic E-state index is 8.82. The number of likely N-dealkylation sites (N-methyl/N-ethyl adjacent to an activating group) is 2. The van der Waals surface area contributed by atoms with E-state index in [2.05, 4.69) is 17.6 Å². The largest absolute Gasteiger partial charge is 0.396 e. The molecule has 1 atom stereocenters. The average Bonchev–Trinajstić information content (AvgIpc) is 2.04. The Morgan fingerprint density at radius 3 is 2.27 bits per heavy atom. The number of rotatable bonds is 6. The predicted molar refractivity (Wildman–Crippen MR) is 47.7 cm³/mol. The smallest absolute Gasteiger partial charge is 0.0449 e. The Labute approximate surface area is 69.2 Å². The number of aliphatic hydroxyl groups is 1. The first kappa shape index (κ1) is 10.9. The molecule has 0 aromatic carbocycles. The average molecular weight is 160 g/mol. The molecule has 0 spiro atoms. The summed E-state index contributed by atoms with van der Waals surface area (Å²) in [4.78, 5) is 0. The van der Waals surface area contributed by atoms with E-state index >= 15 is 0 Å². The molecule has 0 fully saturated rings. The van der Waals surface area contributed by atoms with Gasteiger partial charge in [-0.3, -0.25) is 0 Å². The number of nitrogens with one attached hydrogen (secondary N) is 2. The molecule has 3 nitrogen and oxygen atoms in total. The van der Waals surface area contributed by atoms with Gasteiger partial charge in [0.1, 0.15) is 0 Å². The Kier molecular flexibility index (Phi) is 5.46. The van der Waals surface area contributed by atoms with Crippen molar-refractivity contribution in [2.24, 2.45) is 0 Å². The van der Waals surface area contributed by atoms with Crippen molar-refractivity contribution in [3.05, 3.63) is 0 Å². The van der Waals surface area contributed by atoms with Crippen molar-refractivity contribution >= 4 is 0 Å². The van der Waals surface area contributed by atoms with E-state index in [9.17, 15) is 0 Å². The van der Waals surface area contributed by atoms with Gasteiger partial charge < -0.3 is 15.7 Å². The number of hydrogen-bond donors (Lipinski definition) is 3. The van der Waals surface area contributed by atoms with Crippen LogP contribution in [0.25, 0.3) is 0 Å². The van der Waals surface area contributed by atoms with Crippen molar-refractivity contribution in [2.45, 2.75) is 25.3 Å². The highest BCUT2D eigenvalue weighted by Gasteiger charge is 2.23. The van der Waals surface area contributed by atoms with E-state index in [-0.39, 0.29) is 12.1 Å². The fourth-order valence-electron chi connectivity index (χ4n) is 1.33. The monoisotopic (exact) mass is 160 g/mol. The van der Waals surface area contributed by atoms with Gasteiger partial charge in [0.05, 0.1) is 0 Å². The lowest BCUT2D eigenvalue weighted by Crippen LogP contribution is -2.50. The summed E-state index contributed by atoms with van der Waals surface area (Å²) in [6, 6.07) is 0. The third-order valence-corrected chi connectivity index (χ3v) is 2.31. The van der Waals surface area contributed by atoms with E-state index in [1.165, 1.54) is 0 Å². The van der Waals surface area contributed by atoms with E-state index in [0.29, 0.717) is 0 Å². The van der Waals surface area contributed by atoms with E-state index in [4.69, 9.17) is 5.11 Å². The summed E-state index contributed by atoms with van der Waals surface area (Å²) >= 11 is 0. The minimum atomic E-state index is 0.0729. The first-order valence-electron chi connectivity index (χ1n) is 4.19. The van der Waals surface area contributed by atoms with E-state index in [1.54, 1.807) is 0 Å². The van der Waals surface area contributed by atoms with Crippen LogP contribution in [-0.4, -0.2) is 37.9 Å². The van der Waals surface area contributed by atoms with Crippen LogP contribution in [0.4, 0.5) is 0 Å². The van der Waals surface area contributed by atoms with Crippen LogP contribution in [0.3, 0.4) is 0 Å². The molecule has 11 heavy (non-hydrogen) atoms. The molecule has 1 unspecified atom stereocenters. The second kappa shape index (κ2) is 5.52. The zero-order valence-electron chi connectivity index (χ0n) is 7.78. The van der Waals surface area contributed by atoms with Crippen molar-refractivity contribution in [1.82, 2.24) is 10.6 Å². The Balaban J connectivity index is 3.96. The molecular weight excluding hydrogens is 140 g/mol. The van der Waals surface area contributed by atoms with Gasteiger partial charge in [-0.1, -0.05) is 6.92 Å². The lowest BCUT2D eigenvalue weighted by Gasteiger charge is -2.31. The SMILES string of the molecule is CCC(CCO)(CNC)NC. The Hall–Kier alpha value is -0.120.